The third-order valence-corrected chi connectivity index (χ3v) is 4.56. The first-order valence-corrected chi connectivity index (χ1v) is 7.93. The Morgan fingerprint density at radius 1 is 1.41 bits per heavy atom. The van der Waals surface area contributed by atoms with Crippen LogP contribution in [0.15, 0.2) is 23.6 Å². The Morgan fingerprint density at radius 2 is 2.18 bits per heavy atom. The van der Waals surface area contributed by atoms with E-state index in [1.165, 1.54) is 17.4 Å². The number of amides is 1. The molecule has 0 radical (unpaired) electrons. The quantitative estimate of drug-likeness (QED) is 0.910. The van der Waals surface area contributed by atoms with E-state index in [9.17, 15) is 13.6 Å². The van der Waals surface area contributed by atoms with Crippen LogP contribution in [0, 0.1) is 11.6 Å². The number of carbonyl (C=O) groups is 1. The first-order valence-electron chi connectivity index (χ1n) is 7.05. The number of aromatic nitrogens is 1. The monoisotopic (exact) mass is 323 g/mol. The van der Waals surface area contributed by atoms with Crippen molar-refractivity contribution in [2.45, 2.75) is 25.4 Å². The molecule has 1 aromatic heterocycles. The van der Waals surface area contributed by atoms with Gasteiger partial charge >= 0.3 is 0 Å². The van der Waals surface area contributed by atoms with Crippen LogP contribution in [0.3, 0.4) is 0 Å². The predicted molar refractivity (Wildman–Crippen MR) is 79.6 cm³/mol. The minimum atomic E-state index is -0.672. The van der Waals surface area contributed by atoms with Crippen molar-refractivity contribution in [2.75, 3.05) is 6.54 Å². The Kier molecular flexibility index (Phi) is 4.44. The lowest BCUT2D eigenvalue weighted by atomic mass is 10.2. The van der Waals surface area contributed by atoms with Gasteiger partial charge in [-0.3, -0.25) is 4.79 Å². The fourth-order valence-electron chi connectivity index (χ4n) is 2.41. The first-order chi connectivity index (χ1) is 10.6. The van der Waals surface area contributed by atoms with Crippen molar-refractivity contribution < 1.29 is 13.6 Å². The van der Waals surface area contributed by atoms with E-state index in [0.717, 1.165) is 36.5 Å². The molecule has 4 nitrogen and oxygen atoms in total. The van der Waals surface area contributed by atoms with Gasteiger partial charge in [0.25, 0.3) is 5.91 Å². The molecule has 1 unspecified atom stereocenters. The lowest BCUT2D eigenvalue weighted by Gasteiger charge is -2.06. The number of carbonyl (C=O) groups excluding carboxylic acids is 1. The van der Waals surface area contributed by atoms with Crippen LogP contribution >= 0.6 is 11.3 Å². The van der Waals surface area contributed by atoms with Gasteiger partial charge in [-0.25, -0.2) is 13.8 Å². The summed E-state index contributed by atoms with van der Waals surface area (Å²) in [6, 6.07) is 3.82. The molecule has 3 rings (SSSR count). The van der Waals surface area contributed by atoms with Crippen LogP contribution in [0.25, 0.3) is 0 Å². The van der Waals surface area contributed by atoms with Gasteiger partial charge in [0.2, 0.25) is 0 Å². The molecule has 0 aliphatic carbocycles. The molecule has 1 amide bonds. The molecule has 0 spiro atoms. The summed E-state index contributed by atoms with van der Waals surface area (Å²) in [6.45, 7) is 0.754. The zero-order valence-electron chi connectivity index (χ0n) is 11.7. The lowest BCUT2D eigenvalue weighted by molar-refractivity contribution is 0.0945. The van der Waals surface area contributed by atoms with E-state index >= 15 is 0 Å². The van der Waals surface area contributed by atoms with E-state index in [1.807, 2.05) is 0 Å². The smallest absolute Gasteiger partial charge is 0.271 e. The van der Waals surface area contributed by atoms with Crippen LogP contribution < -0.4 is 10.6 Å². The van der Waals surface area contributed by atoms with Crippen LogP contribution in [0.2, 0.25) is 0 Å². The van der Waals surface area contributed by atoms with E-state index in [4.69, 9.17) is 0 Å². The standard InChI is InChI=1S/C15H15F2N3OS/c16-10-3-1-4-11(17)9(10)7-19-14(21)13-8-22-15(20-13)12-5-2-6-18-12/h1,3-4,8,12,18H,2,5-7H2,(H,19,21). The highest BCUT2D eigenvalue weighted by atomic mass is 32.1. The Bertz CT molecular complexity index is 663. The van der Waals surface area contributed by atoms with Crippen molar-refractivity contribution in [1.82, 2.24) is 15.6 Å². The van der Waals surface area contributed by atoms with Gasteiger partial charge in [-0.15, -0.1) is 11.3 Å². The average molecular weight is 323 g/mol. The second-order valence-corrected chi connectivity index (χ2v) is 5.99. The van der Waals surface area contributed by atoms with E-state index < -0.39 is 17.5 Å². The summed E-state index contributed by atoms with van der Waals surface area (Å²) in [6.07, 6.45) is 2.10. The average Bonchev–Trinajstić information content (AvgIpc) is 3.17. The van der Waals surface area contributed by atoms with Crippen LogP contribution in [-0.2, 0) is 6.54 Å². The highest BCUT2D eigenvalue weighted by Crippen LogP contribution is 2.25. The molecule has 1 aliphatic rings. The maximum Gasteiger partial charge on any atom is 0.271 e. The van der Waals surface area contributed by atoms with Gasteiger partial charge in [0.1, 0.15) is 22.3 Å². The number of benzene rings is 1. The second-order valence-electron chi connectivity index (χ2n) is 5.10. The maximum atomic E-state index is 13.5. The minimum Gasteiger partial charge on any atom is -0.346 e. The molecule has 1 aromatic carbocycles. The number of nitrogens with zero attached hydrogens (tertiary/aromatic N) is 1. The van der Waals surface area contributed by atoms with Gasteiger partial charge < -0.3 is 10.6 Å². The minimum absolute atomic E-state index is 0.149. The fraction of sp³-hybridized carbons (Fsp3) is 0.333. The summed E-state index contributed by atoms with van der Waals surface area (Å²) in [4.78, 5) is 16.3. The highest BCUT2D eigenvalue weighted by Gasteiger charge is 2.21. The van der Waals surface area contributed by atoms with Crippen LogP contribution in [0.5, 0.6) is 0 Å². The molecular formula is C15H15F2N3OS. The van der Waals surface area contributed by atoms with Crippen molar-refractivity contribution in [1.29, 1.82) is 0 Å². The third kappa shape index (κ3) is 3.15. The topological polar surface area (TPSA) is 54.0 Å². The molecule has 116 valence electrons. The SMILES string of the molecule is O=C(NCc1c(F)cccc1F)c1csc(C2CCCN2)n1. The summed E-state index contributed by atoms with van der Waals surface area (Å²) < 4.78 is 27.0. The molecule has 1 atom stereocenters. The van der Waals surface area contributed by atoms with Gasteiger partial charge in [0, 0.05) is 17.5 Å². The number of thiazole rings is 1. The summed E-state index contributed by atoms with van der Waals surface area (Å²) >= 11 is 1.42. The van der Waals surface area contributed by atoms with Crippen molar-refractivity contribution >= 4 is 17.2 Å². The molecule has 1 saturated heterocycles. The summed E-state index contributed by atoms with van der Waals surface area (Å²) in [5.74, 6) is -1.77. The summed E-state index contributed by atoms with van der Waals surface area (Å²) in [7, 11) is 0. The zero-order chi connectivity index (χ0) is 15.5. The molecule has 0 bridgehead atoms. The maximum absolute atomic E-state index is 13.5. The molecular weight excluding hydrogens is 308 g/mol. The van der Waals surface area contributed by atoms with Crippen molar-refractivity contribution in [3.05, 3.63) is 51.5 Å². The Balaban J connectivity index is 1.65. The predicted octanol–water partition coefficient (Wildman–Crippen LogP) is 2.78. The van der Waals surface area contributed by atoms with Gasteiger partial charge in [-0.2, -0.15) is 0 Å². The number of nitrogens with one attached hydrogen (secondary N) is 2. The fourth-order valence-corrected chi connectivity index (χ4v) is 3.32. The first kappa shape index (κ1) is 15.1. The summed E-state index contributed by atoms with van der Waals surface area (Å²) in [5, 5.41) is 8.36. The van der Waals surface area contributed by atoms with Crippen molar-refractivity contribution in [3.8, 4) is 0 Å². The number of rotatable bonds is 4. The van der Waals surface area contributed by atoms with Crippen LogP contribution in [-0.4, -0.2) is 17.4 Å². The molecule has 2 aromatic rings. The molecule has 1 aliphatic heterocycles. The van der Waals surface area contributed by atoms with E-state index in [1.54, 1.807) is 5.38 Å². The Morgan fingerprint density at radius 3 is 2.86 bits per heavy atom. The van der Waals surface area contributed by atoms with Gasteiger partial charge in [-0.1, -0.05) is 6.07 Å². The highest BCUT2D eigenvalue weighted by molar-refractivity contribution is 7.09. The van der Waals surface area contributed by atoms with Crippen LogP contribution in [0.1, 0.15) is 39.9 Å². The number of hydrogen-bond donors (Lipinski definition) is 2. The molecule has 7 heteroatoms. The van der Waals surface area contributed by atoms with Gasteiger partial charge in [0.15, 0.2) is 0 Å². The van der Waals surface area contributed by atoms with E-state index in [2.05, 4.69) is 15.6 Å². The normalized spacial score (nSPS) is 17.6. The largest absolute Gasteiger partial charge is 0.346 e. The molecule has 22 heavy (non-hydrogen) atoms. The van der Waals surface area contributed by atoms with Crippen molar-refractivity contribution in [2.24, 2.45) is 0 Å². The molecule has 2 heterocycles. The second kappa shape index (κ2) is 6.50. The van der Waals surface area contributed by atoms with Crippen molar-refractivity contribution in [3.63, 3.8) is 0 Å². The lowest BCUT2D eigenvalue weighted by Crippen LogP contribution is -2.24. The molecule has 1 fully saturated rings. The number of hydrogen-bond acceptors (Lipinski definition) is 4. The van der Waals surface area contributed by atoms with Gasteiger partial charge in [-0.05, 0) is 31.5 Å². The molecule has 0 saturated carbocycles. The zero-order valence-corrected chi connectivity index (χ0v) is 12.6. The number of halogens is 2. The van der Waals surface area contributed by atoms with Crippen LogP contribution in [0.4, 0.5) is 8.78 Å². The summed E-state index contributed by atoms with van der Waals surface area (Å²) in [5.41, 5.74) is 0.134. The third-order valence-electron chi connectivity index (χ3n) is 3.60. The van der Waals surface area contributed by atoms with E-state index in [-0.39, 0.29) is 23.8 Å². The Labute approximate surface area is 130 Å². The Hall–Kier alpha value is -1.86. The van der Waals surface area contributed by atoms with Gasteiger partial charge in [0.05, 0.1) is 6.04 Å². The molecule has 2 N–H and O–H groups in total. The van der Waals surface area contributed by atoms with E-state index in [0.29, 0.717) is 0 Å².